The topological polar surface area (TPSA) is 94.6 Å². The molecule has 0 aliphatic carbocycles. The monoisotopic (exact) mass is 832 g/mol. The second kappa shape index (κ2) is 25.9. The van der Waals surface area contributed by atoms with Crippen molar-refractivity contribution < 1.29 is 8.78 Å². The first-order valence-corrected chi connectivity index (χ1v) is 18.7. The fourth-order valence-electron chi connectivity index (χ4n) is 4.41. The van der Waals surface area contributed by atoms with Gasteiger partial charge in [-0.3, -0.25) is 34.9 Å². The van der Waals surface area contributed by atoms with Gasteiger partial charge < -0.3 is 0 Å². The summed E-state index contributed by atoms with van der Waals surface area (Å²) in [5.41, 5.74) is 9.58. The Kier molecular flexibility index (Phi) is 21.4. The summed E-state index contributed by atoms with van der Waals surface area (Å²) in [5, 5.41) is 3.75. The van der Waals surface area contributed by atoms with E-state index in [1.807, 2.05) is 108 Å². The first-order valence-electron chi connectivity index (χ1n) is 17.9. The lowest BCUT2D eigenvalue weighted by Crippen LogP contribution is -1.91. The first-order chi connectivity index (χ1) is 27.7. The number of alkyl halides is 2. The Morgan fingerprint density at radius 3 is 1.64 bits per heavy atom. The van der Waals surface area contributed by atoms with Gasteiger partial charge >= 0.3 is 0 Å². The maximum absolute atomic E-state index is 11.8. The van der Waals surface area contributed by atoms with E-state index in [1.54, 1.807) is 25.4 Å². The summed E-state index contributed by atoms with van der Waals surface area (Å²) in [5.74, 6) is 0. The van der Waals surface area contributed by atoms with E-state index < -0.39 is 6.43 Å². The molecule has 8 rings (SSSR count). The third kappa shape index (κ3) is 19.1. The zero-order valence-corrected chi connectivity index (χ0v) is 34.9. The lowest BCUT2D eigenvalue weighted by Gasteiger charge is -1.98. The van der Waals surface area contributed by atoms with Crippen LogP contribution in [0.3, 0.4) is 0 Å². The van der Waals surface area contributed by atoms with Crippen molar-refractivity contribution in [3.8, 4) is 0 Å². The number of halogens is 4. The molecular formula is C47H48Cl2F2N8. The zero-order chi connectivity index (χ0) is 42.5. The van der Waals surface area contributed by atoms with E-state index in [9.17, 15) is 8.78 Å². The maximum atomic E-state index is 11.8. The van der Waals surface area contributed by atoms with Crippen molar-refractivity contribution in [2.45, 2.75) is 62.3 Å². The van der Waals surface area contributed by atoms with E-state index in [1.165, 1.54) is 22.7 Å². The van der Waals surface area contributed by atoms with Gasteiger partial charge in [-0.15, -0.1) is 0 Å². The molecule has 12 heteroatoms. The predicted molar refractivity (Wildman–Crippen MR) is 239 cm³/mol. The second-order valence-electron chi connectivity index (χ2n) is 12.7. The summed E-state index contributed by atoms with van der Waals surface area (Å²) in [7, 11) is 0. The number of nitrogens with zero attached hydrogens (tertiary/aromatic N) is 8. The number of fused-ring (bicyclic) bond motifs is 2. The summed E-state index contributed by atoms with van der Waals surface area (Å²) in [6.07, 6.45) is 6.78. The van der Waals surface area contributed by atoms with Gasteiger partial charge in [0.2, 0.25) is 5.69 Å². The Balaban J connectivity index is 0.000000245. The van der Waals surface area contributed by atoms with E-state index in [0.29, 0.717) is 16.4 Å². The minimum absolute atomic E-state index is 0. The molecule has 0 unspecified atom stereocenters. The number of aryl methyl sites for hydroxylation is 7. The number of benzene rings is 2. The summed E-state index contributed by atoms with van der Waals surface area (Å²) < 4.78 is 23.6. The van der Waals surface area contributed by atoms with Crippen molar-refractivity contribution in [2.24, 2.45) is 0 Å². The van der Waals surface area contributed by atoms with E-state index in [0.717, 1.165) is 50.4 Å². The maximum Gasteiger partial charge on any atom is 0.281 e. The highest BCUT2D eigenvalue weighted by Crippen LogP contribution is 2.18. The molecule has 0 amide bonds. The van der Waals surface area contributed by atoms with Crippen LogP contribution in [0.25, 0.3) is 26.7 Å². The van der Waals surface area contributed by atoms with E-state index in [-0.39, 0.29) is 13.1 Å². The van der Waals surface area contributed by atoms with Gasteiger partial charge in [0.05, 0.1) is 34.5 Å². The lowest BCUT2D eigenvalue weighted by atomic mass is 10.1. The normalized spacial score (nSPS) is 9.61. The summed E-state index contributed by atoms with van der Waals surface area (Å²) in [4.78, 5) is 30.9. The standard InChI is InChI=1S/C10H8ClN.C10H9N.C7H6N2.C7H9N.C6H6ClN.C6H6F2N2.CH4/c1-7-2-3-8-6-9(11)4-5-10(8)12-7;1-8-4-5-9-3-2-6-11-10(9)7-8;1-6-3-4-7(8-2)5-9-6;1-6-3-4-7(2)8-5-6;1-5-2-3-6(7)4-8-5;1-4-2-10-5(3-9-4)6(7)8;/h2-6H,1H3;2-7H,1H3;3-5H,1H3;3-5H,1-2H3;2-4H,1H3;2-3,6H,1H3;1H4. The average Bonchev–Trinajstić information content (AvgIpc) is 3.22. The van der Waals surface area contributed by atoms with Crippen LogP contribution in [0.15, 0.2) is 134 Å². The van der Waals surface area contributed by atoms with Crippen LogP contribution in [0.4, 0.5) is 14.5 Å². The molecule has 59 heavy (non-hydrogen) atoms. The van der Waals surface area contributed by atoms with Gasteiger partial charge in [0, 0.05) is 69.6 Å². The number of hydrogen-bond donors (Lipinski definition) is 0. The fourth-order valence-corrected chi connectivity index (χ4v) is 4.70. The molecule has 0 aliphatic heterocycles. The molecule has 0 radical (unpaired) electrons. The Hall–Kier alpha value is -6.28. The molecule has 0 N–H and O–H groups in total. The highest BCUT2D eigenvalue weighted by molar-refractivity contribution is 6.31. The number of rotatable bonds is 1. The molecule has 6 heterocycles. The molecule has 0 atom stereocenters. The minimum Gasteiger partial charge on any atom is -0.273 e. The largest absolute Gasteiger partial charge is 0.281 e. The number of aromatic nitrogens is 7. The van der Waals surface area contributed by atoms with Gasteiger partial charge in [-0.1, -0.05) is 73.1 Å². The quantitative estimate of drug-likeness (QED) is 0.152. The van der Waals surface area contributed by atoms with Crippen LogP contribution in [0.1, 0.15) is 59.1 Å². The van der Waals surface area contributed by atoms with Crippen LogP contribution in [0.2, 0.25) is 10.0 Å². The number of hydrogen-bond acceptors (Lipinski definition) is 7. The highest BCUT2D eigenvalue weighted by atomic mass is 35.5. The van der Waals surface area contributed by atoms with Crippen molar-refractivity contribution in [3.63, 3.8) is 0 Å². The third-order valence-corrected chi connectivity index (χ3v) is 7.99. The second-order valence-corrected chi connectivity index (χ2v) is 13.6. The molecule has 0 spiro atoms. The van der Waals surface area contributed by atoms with E-state index in [2.05, 4.69) is 77.0 Å². The average molecular weight is 834 g/mol. The van der Waals surface area contributed by atoms with Crippen LogP contribution in [-0.4, -0.2) is 34.9 Å². The van der Waals surface area contributed by atoms with Crippen molar-refractivity contribution >= 4 is 50.7 Å². The molecule has 0 bridgehead atoms. The highest BCUT2D eigenvalue weighted by Gasteiger charge is 2.07. The minimum atomic E-state index is -2.52. The molecule has 8 aromatic rings. The van der Waals surface area contributed by atoms with Crippen LogP contribution in [0, 0.1) is 55.0 Å². The molecule has 0 saturated heterocycles. The number of pyridine rings is 5. The van der Waals surface area contributed by atoms with Gasteiger partial charge in [-0.2, -0.15) is 0 Å². The smallest absolute Gasteiger partial charge is 0.273 e. The molecule has 304 valence electrons. The van der Waals surface area contributed by atoms with E-state index in [4.69, 9.17) is 29.8 Å². The van der Waals surface area contributed by atoms with Crippen LogP contribution >= 0.6 is 23.2 Å². The molecule has 6 aromatic heterocycles. The van der Waals surface area contributed by atoms with Gasteiger partial charge in [0.1, 0.15) is 5.69 Å². The predicted octanol–water partition coefficient (Wildman–Crippen LogP) is 13.8. The SMILES string of the molecule is C.Cc1ccc(C)nc1.Cc1ccc(Cl)cn1.Cc1ccc2cc(Cl)ccc2n1.Cc1ccc2cccnc2c1.Cc1cnc(C(F)F)cn1.[C-]#[N+]c1ccc(C)nc1. The van der Waals surface area contributed by atoms with Crippen LogP contribution < -0.4 is 0 Å². The summed E-state index contributed by atoms with van der Waals surface area (Å²) >= 11 is 11.4. The Labute approximate surface area is 356 Å². The lowest BCUT2D eigenvalue weighted by molar-refractivity contribution is 0.145. The summed E-state index contributed by atoms with van der Waals surface area (Å²) in [6, 6.07) is 31.4. The molecule has 8 nitrogen and oxygen atoms in total. The molecule has 2 aromatic carbocycles. The fraction of sp³-hybridized carbons (Fsp3) is 0.191. The van der Waals surface area contributed by atoms with Crippen molar-refractivity contribution in [2.75, 3.05) is 0 Å². The first kappa shape index (κ1) is 48.9. The van der Waals surface area contributed by atoms with Crippen molar-refractivity contribution in [1.82, 2.24) is 34.9 Å². The van der Waals surface area contributed by atoms with Gasteiger partial charge in [-0.05, 0) is 114 Å². The molecule has 0 fully saturated rings. The van der Waals surface area contributed by atoms with Crippen molar-refractivity contribution in [3.05, 3.63) is 201 Å². The third-order valence-electron chi connectivity index (χ3n) is 7.54. The molecule has 0 saturated carbocycles. The molecule has 0 aliphatic rings. The van der Waals surface area contributed by atoms with E-state index >= 15 is 0 Å². The molecular weight excluding hydrogens is 785 g/mol. The van der Waals surface area contributed by atoms with Crippen molar-refractivity contribution in [1.29, 1.82) is 0 Å². The zero-order valence-electron chi connectivity index (χ0n) is 33.4. The van der Waals surface area contributed by atoms with Gasteiger partial charge in [0.15, 0.2) is 0 Å². The van der Waals surface area contributed by atoms with Gasteiger partial charge in [-0.25, -0.2) is 13.6 Å². The van der Waals surface area contributed by atoms with Crippen LogP contribution in [0.5, 0.6) is 0 Å². The Morgan fingerprint density at radius 2 is 1.10 bits per heavy atom. The Bertz CT molecular complexity index is 2350. The summed E-state index contributed by atoms with van der Waals surface area (Å²) in [6.45, 7) is 20.2. The van der Waals surface area contributed by atoms with Gasteiger partial charge in [0.25, 0.3) is 6.43 Å². The Morgan fingerprint density at radius 1 is 0.508 bits per heavy atom. The van der Waals surface area contributed by atoms with Crippen LogP contribution in [-0.2, 0) is 0 Å².